The molecule has 6 nitrogen and oxygen atoms in total. The van der Waals surface area contributed by atoms with Gasteiger partial charge in [0.2, 0.25) is 5.82 Å². The van der Waals surface area contributed by atoms with Gasteiger partial charge < -0.3 is 9.64 Å². The first-order chi connectivity index (χ1) is 10.1. The van der Waals surface area contributed by atoms with Crippen molar-refractivity contribution in [2.75, 3.05) is 13.2 Å². The molecule has 112 valence electrons. The van der Waals surface area contributed by atoms with Crippen molar-refractivity contribution in [3.8, 4) is 0 Å². The maximum Gasteiger partial charge on any atom is 0.305 e. The first kappa shape index (κ1) is 13.9. The van der Waals surface area contributed by atoms with Gasteiger partial charge in [0.25, 0.3) is 5.91 Å². The average molecular weight is 294 g/mol. The van der Waals surface area contributed by atoms with Crippen molar-refractivity contribution < 1.29 is 18.8 Å². The number of hydrogen-bond donors (Lipinski definition) is 0. The third-order valence-corrected chi connectivity index (χ3v) is 4.13. The number of fused-ring (bicyclic) bond motifs is 1. The first-order valence-corrected chi connectivity index (χ1v) is 6.94. The highest BCUT2D eigenvalue weighted by Crippen LogP contribution is 2.31. The number of carbonyl (C=O) groups is 1. The number of ether oxygens (including phenoxy) is 1. The zero-order valence-corrected chi connectivity index (χ0v) is 11.3. The highest BCUT2D eigenvalue weighted by Gasteiger charge is 2.38. The molecule has 3 rings (SSSR count). The average Bonchev–Trinajstić information content (AvgIpc) is 2.95. The zero-order valence-electron chi connectivity index (χ0n) is 11.3. The number of benzene rings is 1. The van der Waals surface area contributed by atoms with Crippen molar-refractivity contribution in [1.29, 1.82) is 0 Å². The molecule has 1 aromatic carbocycles. The van der Waals surface area contributed by atoms with E-state index in [0.717, 1.165) is 31.4 Å². The molecule has 0 spiro atoms. The van der Waals surface area contributed by atoms with Gasteiger partial charge >= 0.3 is 5.69 Å². The summed E-state index contributed by atoms with van der Waals surface area (Å²) >= 11 is 0. The Morgan fingerprint density at radius 3 is 3.00 bits per heavy atom. The molecule has 1 saturated heterocycles. The molecule has 2 unspecified atom stereocenters. The maximum absolute atomic E-state index is 13.4. The summed E-state index contributed by atoms with van der Waals surface area (Å²) in [5, 5.41) is 10.8. The minimum atomic E-state index is -0.933. The summed E-state index contributed by atoms with van der Waals surface area (Å²) in [7, 11) is 0. The molecular weight excluding hydrogens is 279 g/mol. The van der Waals surface area contributed by atoms with Gasteiger partial charge in [-0.2, -0.15) is 4.39 Å². The van der Waals surface area contributed by atoms with Gasteiger partial charge in [0.05, 0.1) is 23.7 Å². The maximum atomic E-state index is 13.4. The normalized spacial score (nSPS) is 24.7. The Morgan fingerprint density at radius 2 is 2.24 bits per heavy atom. The minimum Gasteiger partial charge on any atom is -0.374 e. The molecule has 0 aromatic heterocycles. The lowest BCUT2D eigenvalue weighted by molar-refractivity contribution is -0.387. The molecule has 0 N–H and O–H groups in total. The highest BCUT2D eigenvalue weighted by atomic mass is 19.1. The summed E-state index contributed by atoms with van der Waals surface area (Å²) in [5.41, 5.74) is -0.521. The third kappa shape index (κ3) is 2.49. The number of carbonyl (C=O) groups excluding carboxylic acids is 1. The summed E-state index contributed by atoms with van der Waals surface area (Å²) in [4.78, 5) is 24.2. The number of nitro groups is 1. The van der Waals surface area contributed by atoms with Crippen molar-refractivity contribution in [1.82, 2.24) is 4.90 Å². The van der Waals surface area contributed by atoms with Crippen LogP contribution in [0.15, 0.2) is 18.2 Å². The van der Waals surface area contributed by atoms with E-state index in [-0.39, 0.29) is 23.6 Å². The van der Waals surface area contributed by atoms with Crippen molar-refractivity contribution in [3.05, 3.63) is 39.7 Å². The smallest absolute Gasteiger partial charge is 0.305 e. The van der Waals surface area contributed by atoms with Crippen LogP contribution < -0.4 is 0 Å². The monoisotopic (exact) mass is 294 g/mol. The quantitative estimate of drug-likeness (QED) is 0.618. The molecule has 1 heterocycles. The minimum absolute atomic E-state index is 0.0235. The Hall–Kier alpha value is -2.02. The van der Waals surface area contributed by atoms with Gasteiger partial charge in [-0.25, -0.2) is 0 Å². The molecule has 2 aliphatic rings. The van der Waals surface area contributed by atoms with Crippen molar-refractivity contribution in [2.45, 2.75) is 31.4 Å². The van der Waals surface area contributed by atoms with E-state index in [0.29, 0.717) is 13.2 Å². The van der Waals surface area contributed by atoms with Crippen LogP contribution in [0.5, 0.6) is 0 Å². The predicted octanol–water partition coefficient (Wildman–Crippen LogP) is 2.13. The molecule has 2 atom stereocenters. The predicted molar refractivity (Wildman–Crippen MR) is 71.5 cm³/mol. The van der Waals surface area contributed by atoms with Gasteiger partial charge in [-0.15, -0.1) is 0 Å². The Labute approximate surface area is 120 Å². The number of halogens is 1. The highest BCUT2D eigenvalue weighted by molar-refractivity contribution is 5.95. The molecule has 0 bridgehead atoms. The van der Waals surface area contributed by atoms with E-state index in [4.69, 9.17) is 4.74 Å². The van der Waals surface area contributed by atoms with Gasteiger partial charge in [-0.1, -0.05) is 0 Å². The van der Waals surface area contributed by atoms with E-state index >= 15 is 0 Å². The number of nitro benzene ring substituents is 1. The van der Waals surface area contributed by atoms with Crippen LogP contribution in [-0.4, -0.2) is 41.0 Å². The van der Waals surface area contributed by atoms with Crippen LogP contribution in [0.25, 0.3) is 0 Å². The molecule has 1 saturated carbocycles. The van der Waals surface area contributed by atoms with Crippen LogP contribution in [0.3, 0.4) is 0 Å². The molecule has 7 heteroatoms. The SMILES string of the molecule is O=C(c1ccc(F)c([N+](=O)[O-])c1)N1CCOC2CCCC21. The molecule has 21 heavy (non-hydrogen) atoms. The van der Waals surface area contributed by atoms with Gasteiger partial charge in [0, 0.05) is 18.2 Å². The van der Waals surface area contributed by atoms with Crippen molar-refractivity contribution >= 4 is 11.6 Å². The van der Waals surface area contributed by atoms with Crippen LogP contribution in [0.4, 0.5) is 10.1 Å². The summed E-state index contributed by atoms with van der Waals surface area (Å²) < 4.78 is 19.0. The topological polar surface area (TPSA) is 72.7 Å². The van der Waals surface area contributed by atoms with Crippen LogP contribution in [0.2, 0.25) is 0 Å². The standard InChI is InChI=1S/C14H15FN2O4/c15-10-5-4-9(8-12(10)17(19)20)14(18)16-6-7-21-13-3-1-2-11(13)16/h4-5,8,11,13H,1-3,6-7H2. The van der Waals surface area contributed by atoms with Crippen molar-refractivity contribution in [3.63, 3.8) is 0 Å². The lowest BCUT2D eigenvalue weighted by atomic mass is 10.1. The second kappa shape index (κ2) is 5.40. The second-order valence-electron chi connectivity index (χ2n) is 5.33. The first-order valence-electron chi connectivity index (χ1n) is 6.94. The van der Waals surface area contributed by atoms with E-state index in [1.165, 1.54) is 6.07 Å². The van der Waals surface area contributed by atoms with Crippen LogP contribution in [0.1, 0.15) is 29.6 Å². The number of hydrogen-bond acceptors (Lipinski definition) is 4. The fourth-order valence-corrected chi connectivity index (χ4v) is 3.13. The van der Waals surface area contributed by atoms with E-state index < -0.39 is 16.4 Å². The van der Waals surface area contributed by atoms with E-state index in [1.807, 2.05) is 0 Å². The van der Waals surface area contributed by atoms with Gasteiger partial charge in [0.15, 0.2) is 0 Å². The molecule has 1 aliphatic heterocycles. The van der Waals surface area contributed by atoms with Gasteiger partial charge in [-0.05, 0) is 31.4 Å². The Kier molecular flexibility index (Phi) is 3.59. The van der Waals surface area contributed by atoms with Crippen LogP contribution >= 0.6 is 0 Å². The molecular formula is C14H15FN2O4. The number of amides is 1. The molecule has 1 amide bonds. The summed E-state index contributed by atoms with van der Waals surface area (Å²) in [6.45, 7) is 0.932. The molecule has 1 aliphatic carbocycles. The van der Waals surface area contributed by atoms with Gasteiger partial charge in [0.1, 0.15) is 0 Å². The van der Waals surface area contributed by atoms with Crippen molar-refractivity contribution in [2.24, 2.45) is 0 Å². The van der Waals surface area contributed by atoms with Gasteiger partial charge in [-0.3, -0.25) is 14.9 Å². The largest absolute Gasteiger partial charge is 0.374 e. The number of rotatable bonds is 2. The summed E-state index contributed by atoms with van der Waals surface area (Å²) in [5.74, 6) is -1.23. The second-order valence-corrected chi connectivity index (χ2v) is 5.33. The Morgan fingerprint density at radius 1 is 1.43 bits per heavy atom. The molecule has 1 aromatic rings. The van der Waals surface area contributed by atoms with E-state index in [1.54, 1.807) is 4.90 Å². The summed E-state index contributed by atoms with van der Waals surface area (Å²) in [6.07, 6.45) is 2.86. The number of morpholine rings is 1. The lowest BCUT2D eigenvalue weighted by Gasteiger charge is -2.37. The third-order valence-electron chi connectivity index (χ3n) is 4.13. The summed E-state index contributed by atoms with van der Waals surface area (Å²) in [6, 6.07) is 3.30. The molecule has 0 radical (unpaired) electrons. The van der Waals surface area contributed by atoms with E-state index in [9.17, 15) is 19.3 Å². The van der Waals surface area contributed by atoms with E-state index in [2.05, 4.69) is 0 Å². The zero-order chi connectivity index (χ0) is 15.0. The molecule has 2 fully saturated rings. The Bertz CT molecular complexity index is 592. The lowest BCUT2D eigenvalue weighted by Crippen LogP contribution is -2.51. The number of nitrogens with zero attached hydrogens (tertiary/aromatic N) is 2. The van der Waals surface area contributed by atoms with Crippen LogP contribution in [0, 0.1) is 15.9 Å². The fourth-order valence-electron chi connectivity index (χ4n) is 3.13. The Balaban J connectivity index is 1.88. The fraction of sp³-hybridized carbons (Fsp3) is 0.500. The van der Waals surface area contributed by atoms with Crippen LogP contribution in [-0.2, 0) is 4.74 Å².